The lowest BCUT2D eigenvalue weighted by molar-refractivity contribution is -0.133. The summed E-state index contributed by atoms with van der Waals surface area (Å²) in [6.45, 7) is 5.44. The minimum absolute atomic E-state index is 0.203. The number of benzene rings is 2. The Morgan fingerprint density at radius 2 is 2.03 bits per heavy atom. The second kappa shape index (κ2) is 9.58. The number of amides is 1. The fraction of sp³-hybridized carbons (Fsp3) is 0.417. The molecule has 0 saturated carbocycles. The Hall–Kier alpha value is -2.44. The second-order valence-corrected chi connectivity index (χ2v) is 9.01. The molecule has 1 amide bonds. The zero-order chi connectivity index (χ0) is 20.9. The molecule has 2 aromatic carbocycles. The van der Waals surface area contributed by atoms with E-state index in [0.717, 1.165) is 48.7 Å². The number of thiazole rings is 1. The van der Waals surface area contributed by atoms with Gasteiger partial charge < -0.3 is 9.64 Å². The molecule has 4 rings (SSSR count). The number of rotatable bonds is 7. The Kier molecular flexibility index (Phi) is 6.65. The molecule has 6 heteroatoms. The first-order valence-corrected chi connectivity index (χ1v) is 11.5. The highest BCUT2D eigenvalue weighted by atomic mass is 32.1. The molecule has 0 bridgehead atoms. The van der Waals surface area contributed by atoms with Crippen LogP contribution in [0.15, 0.2) is 48.5 Å². The summed E-state index contributed by atoms with van der Waals surface area (Å²) in [5.41, 5.74) is 2.25. The maximum atomic E-state index is 12.9. The summed E-state index contributed by atoms with van der Waals surface area (Å²) in [5, 5.41) is 1.16. The average molecular weight is 424 g/mol. The first-order valence-electron chi connectivity index (χ1n) is 10.7. The van der Waals surface area contributed by atoms with Crippen molar-refractivity contribution in [1.29, 1.82) is 0 Å². The van der Waals surface area contributed by atoms with Crippen LogP contribution in [0.25, 0.3) is 10.2 Å². The minimum Gasteiger partial charge on any atom is -0.494 e. The number of nitrogens with zero attached hydrogens (tertiary/aromatic N) is 3. The van der Waals surface area contributed by atoms with Gasteiger partial charge in [-0.1, -0.05) is 24.3 Å². The van der Waals surface area contributed by atoms with Crippen molar-refractivity contribution in [3.8, 4) is 5.75 Å². The van der Waals surface area contributed by atoms with Crippen LogP contribution < -0.4 is 4.74 Å². The monoisotopic (exact) mass is 423 g/mol. The topological polar surface area (TPSA) is 45.7 Å². The fourth-order valence-corrected chi connectivity index (χ4v) is 5.12. The van der Waals surface area contributed by atoms with E-state index < -0.39 is 0 Å². The molecule has 1 fully saturated rings. The number of ether oxygens (including phenoxy) is 1. The molecule has 0 N–H and O–H groups in total. The molecule has 1 aliphatic rings. The summed E-state index contributed by atoms with van der Waals surface area (Å²) in [6, 6.07) is 16.4. The Labute approximate surface area is 182 Å². The van der Waals surface area contributed by atoms with Gasteiger partial charge in [-0.15, -0.1) is 11.3 Å². The van der Waals surface area contributed by atoms with Crippen molar-refractivity contribution < 1.29 is 9.53 Å². The van der Waals surface area contributed by atoms with E-state index >= 15 is 0 Å². The van der Waals surface area contributed by atoms with Gasteiger partial charge in [-0.25, -0.2) is 4.98 Å². The Balaban J connectivity index is 1.33. The summed E-state index contributed by atoms with van der Waals surface area (Å²) >= 11 is 1.77. The quantitative estimate of drug-likeness (QED) is 0.560. The zero-order valence-electron chi connectivity index (χ0n) is 17.7. The van der Waals surface area contributed by atoms with Gasteiger partial charge in [-0.05, 0) is 56.6 Å². The van der Waals surface area contributed by atoms with Gasteiger partial charge in [0.15, 0.2) is 0 Å². The van der Waals surface area contributed by atoms with Crippen molar-refractivity contribution in [3.05, 3.63) is 59.1 Å². The van der Waals surface area contributed by atoms with Crippen molar-refractivity contribution in [2.24, 2.45) is 0 Å². The molecule has 3 aromatic rings. The number of hydrogen-bond acceptors (Lipinski definition) is 5. The number of aromatic nitrogens is 1. The molecule has 1 atom stereocenters. The third-order valence-corrected chi connectivity index (χ3v) is 6.72. The van der Waals surface area contributed by atoms with Gasteiger partial charge in [-0.3, -0.25) is 9.69 Å². The van der Waals surface area contributed by atoms with Gasteiger partial charge in [-0.2, -0.15) is 0 Å². The van der Waals surface area contributed by atoms with E-state index in [1.165, 1.54) is 10.3 Å². The number of carbonyl (C=O) groups is 1. The molecule has 5 nitrogen and oxygen atoms in total. The predicted octanol–water partition coefficient (Wildman–Crippen LogP) is 4.53. The van der Waals surface area contributed by atoms with E-state index in [4.69, 9.17) is 9.72 Å². The molecule has 158 valence electrons. The highest BCUT2D eigenvalue weighted by Crippen LogP contribution is 2.33. The lowest BCUT2D eigenvalue weighted by atomic mass is 9.98. The van der Waals surface area contributed by atoms with E-state index in [1.54, 1.807) is 11.3 Å². The number of hydrogen-bond donors (Lipinski definition) is 0. The van der Waals surface area contributed by atoms with Crippen molar-refractivity contribution in [2.45, 2.75) is 32.2 Å². The minimum atomic E-state index is 0.203. The van der Waals surface area contributed by atoms with Gasteiger partial charge in [0.1, 0.15) is 5.75 Å². The number of likely N-dealkylation sites (tertiary alicyclic amines) is 1. The molecule has 2 heterocycles. The predicted molar refractivity (Wildman–Crippen MR) is 122 cm³/mol. The first-order chi connectivity index (χ1) is 14.6. The van der Waals surface area contributed by atoms with Crippen LogP contribution in [0.2, 0.25) is 0 Å². The largest absolute Gasteiger partial charge is 0.494 e. The normalized spacial score (nSPS) is 16.9. The standard InChI is InChI=1S/C24H29N3O2S/c1-3-29-20-12-10-18(11-13-20)15-26(2)17-23(28)27-14-6-7-19(16-27)24-25-21-8-4-5-9-22(21)30-24/h4-5,8-13,19H,3,6-7,14-17H2,1-2H3/t19-/m0/s1. The maximum Gasteiger partial charge on any atom is 0.236 e. The van der Waals surface area contributed by atoms with Crippen molar-refractivity contribution in [2.75, 3.05) is 33.3 Å². The van der Waals surface area contributed by atoms with Gasteiger partial charge in [0.25, 0.3) is 0 Å². The van der Waals surface area contributed by atoms with E-state index in [9.17, 15) is 4.79 Å². The van der Waals surface area contributed by atoms with Crippen LogP contribution in [0.1, 0.15) is 36.3 Å². The van der Waals surface area contributed by atoms with Gasteiger partial charge in [0.05, 0.1) is 28.4 Å². The van der Waals surface area contributed by atoms with Gasteiger partial charge in [0, 0.05) is 25.6 Å². The third kappa shape index (κ3) is 4.99. The van der Waals surface area contributed by atoms with Crippen LogP contribution in [-0.4, -0.2) is 54.0 Å². The van der Waals surface area contributed by atoms with Crippen LogP contribution >= 0.6 is 11.3 Å². The molecule has 1 aromatic heterocycles. The lowest BCUT2D eigenvalue weighted by Crippen LogP contribution is -2.43. The van der Waals surface area contributed by atoms with Crippen LogP contribution in [0, 0.1) is 0 Å². The van der Waals surface area contributed by atoms with Crippen LogP contribution in [0.5, 0.6) is 5.75 Å². The van der Waals surface area contributed by atoms with Crippen LogP contribution in [0.3, 0.4) is 0 Å². The average Bonchev–Trinajstić information content (AvgIpc) is 3.20. The van der Waals surface area contributed by atoms with Crippen LogP contribution in [0.4, 0.5) is 0 Å². The summed E-state index contributed by atoms with van der Waals surface area (Å²) in [5.74, 6) is 1.43. The van der Waals surface area contributed by atoms with Gasteiger partial charge >= 0.3 is 0 Å². The van der Waals surface area contributed by atoms with Crippen molar-refractivity contribution >= 4 is 27.5 Å². The zero-order valence-corrected chi connectivity index (χ0v) is 18.5. The molecular weight excluding hydrogens is 394 g/mol. The van der Waals surface area contributed by atoms with Crippen LogP contribution in [-0.2, 0) is 11.3 Å². The SMILES string of the molecule is CCOc1ccc(CN(C)CC(=O)N2CCC[C@H](c3nc4ccccc4s3)C2)cc1. The Morgan fingerprint density at radius 3 is 2.80 bits per heavy atom. The molecular formula is C24H29N3O2S. The molecule has 30 heavy (non-hydrogen) atoms. The van der Waals surface area contributed by atoms with Crippen molar-refractivity contribution in [1.82, 2.24) is 14.8 Å². The third-order valence-electron chi connectivity index (χ3n) is 5.53. The molecule has 1 aliphatic heterocycles. The summed E-state index contributed by atoms with van der Waals surface area (Å²) in [7, 11) is 2.00. The highest BCUT2D eigenvalue weighted by molar-refractivity contribution is 7.18. The van der Waals surface area contributed by atoms with Crippen molar-refractivity contribution in [3.63, 3.8) is 0 Å². The smallest absolute Gasteiger partial charge is 0.236 e. The molecule has 0 aliphatic carbocycles. The number of piperidine rings is 1. The fourth-order valence-electron chi connectivity index (χ4n) is 4.03. The van der Waals surface area contributed by atoms with E-state index in [2.05, 4.69) is 35.2 Å². The number of carbonyl (C=O) groups excluding carboxylic acids is 1. The Bertz CT molecular complexity index is 953. The maximum absolute atomic E-state index is 12.9. The second-order valence-electron chi connectivity index (χ2n) is 7.95. The molecule has 0 unspecified atom stereocenters. The number of likely N-dealkylation sites (N-methyl/N-ethyl adjacent to an activating group) is 1. The molecule has 0 spiro atoms. The molecule has 1 saturated heterocycles. The summed E-state index contributed by atoms with van der Waals surface area (Å²) in [6.07, 6.45) is 2.14. The van der Waals surface area contributed by atoms with E-state index in [1.807, 2.05) is 37.1 Å². The number of fused-ring (bicyclic) bond motifs is 1. The first kappa shape index (κ1) is 20.8. The number of para-hydroxylation sites is 1. The van der Waals surface area contributed by atoms with E-state index in [-0.39, 0.29) is 5.91 Å². The lowest BCUT2D eigenvalue weighted by Gasteiger charge is -2.33. The summed E-state index contributed by atoms with van der Waals surface area (Å²) in [4.78, 5) is 21.9. The molecule has 0 radical (unpaired) electrons. The van der Waals surface area contributed by atoms with Gasteiger partial charge in [0.2, 0.25) is 5.91 Å². The Morgan fingerprint density at radius 1 is 1.23 bits per heavy atom. The highest BCUT2D eigenvalue weighted by Gasteiger charge is 2.27. The van der Waals surface area contributed by atoms with E-state index in [0.29, 0.717) is 19.1 Å². The summed E-state index contributed by atoms with van der Waals surface area (Å²) < 4.78 is 6.72.